The van der Waals surface area contributed by atoms with Crippen LogP contribution in [0.4, 0.5) is 0 Å². The Morgan fingerprint density at radius 1 is 1.07 bits per heavy atom. The van der Waals surface area contributed by atoms with Crippen LogP contribution in [-0.2, 0) is 6.61 Å². The molecule has 1 heterocycles. The number of benzene rings is 3. The van der Waals surface area contributed by atoms with E-state index in [1.54, 1.807) is 30.3 Å². The highest BCUT2D eigenvalue weighted by Crippen LogP contribution is 2.43. The van der Waals surface area contributed by atoms with Crippen LogP contribution in [0.25, 0.3) is 5.69 Å². The fourth-order valence-corrected chi connectivity index (χ4v) is 5.56. The molecule has 12 heteroatoms. The van der Waals surface area contributed by atoms with Crippen molar-refractivity contribution in [3.63, 3.8) is 0 Å². The lowest BCUT2D eigenvalue weighted by molar-refractivity contribution is -0.479. The lowest BCUT2D eigenvalue weighted by atomic mass is 10.1. The summed E-state index contributed by atoms with van der Waals surface area (Å²) in [5.41, 5.74) is 2.56. The van der Waals surface area contributed by atoms with Gasteiger partial charge in [0.05, 0.1) is 29.9 Å². The average molecular weight is 594 g/mol. The first-order chi connectivity index (χ1) is 19.8. The summed E-state index contributed by atoms with van der Waals surface area (Å²) in [7, 11) is 0. The molecule has 3 aromatic carbocycles. The second kappa shape index (κ2) is 13.9. The second-order valence-corrected chi connectivity index (χ2v) is 10.3. The average Bonchev–Trinajstić information content (AvgIpc) is 3.32. The van der Waals surface area contributed by atoms with Gasteiger partial charge in [0.2, 0.25) is 6.54 Å². The van der Waals surface area contributed by atoms with Crippen LogP contribution in [0.1, 0.15) is 41.6 Å². The van der Waals surface area contributed by atoms with Crippen LogP contribution in [0.15, 0.2) is 65.8 Å². The number of halogens is 1. The minimum Gasteiger partial charge on any atom is -0.494 e. The summed E-state index contributed by atoms with van der Waals surface area (Å²) >= 11 is 7.88. The van der Waals surface area contributed by atoms with E-state index >= 15 is 0 Å². The largest absolute Gasteiger partial charge is 0.494 e. The van der Waals surface area contributed by atoms with Crippen molar-refractivity contribution in [1.29, 1.82) is 5.26 Å². The van der Waals surface area contributed by atoms with Crippen LogP contribution in [0.3, 0.4) is 0 Å². The lowest BCUT2D eigenvalue weighted by Gasteiger charge is -2.19. The SMILES string of the molecule is CCOc1ccc(-n2c(C)nnc2S[C@H](C[N+](=O)[O-])c2cc(Cl)c(OCc3ccccc3C#N)c(OCC)c2)cc1. The number of ether oxygens (including phenoxy) is 3. The molecule has 0 bridgehead atoms. The fraction of sp³-hybridized carbons (Fsp3) is 0.276. The maximum absolute atomic E-state index is 11.7. The molecule has 0 aliphatic rings. The fourth-order valence-electron chi connectivity index (χ4n) is 4.13. The molecule has 1 atom stereocenters. The summed E-state index contributed by atoms with van der Waals surface area (Å²) in [4.78, 5) is 11.4. The maximum Gasteiger partial charge on any atom is 0.220 e. The van der Waals surface area contributed by atoms with Crippen molar-refractivity contribution >= 4 is 23.4 Å². The van der Waals surface area contributed by atoms with Crippen molar-refractivity contribution in [2.45, 2.75) is 37.8 Å². The van der Waals surface area contributed by atoms with E-state index in [2.05, 4.69) is 16.3 Å². The van der Waals surface area contributed by atoms with Crippen LogP contribution in [0.5, 0.6) is 17.2 Å². The molecule has 0 fully saturated rings. The number of nitriles is 1. The maximum atomic E-state index is 11.7. The van der Waals surface area contributed by atoms with E-state index in [-0.39, 0.29) is 16.6 Å². The highest BCUT2D eigenvalue weighted by molar-refractivity contribution is 7.99. The van der Waals surface area contributed by atoms with E-state index in [0.29, 0.717) is 52.4 Å². The van der Waals surface area contributed by atoms with E-state index < -0.39 is 11.8 Å². The number of hydrogen-bond acceptors (Lipinski definition) is 9. The molecule has 0 N–H and O–H groups in total. The molecular formula is C29H28ClN5O5S. The van der Waals surface area contributed by atoms with Gasteiger partial charge in [-0.05, 0) is 68.8 Å². The van der Waals surface area contributed by atoms with Crippen LogP contribution in [-0.4, -0.2) is 39.4 Å². The van der Waals surface area contributed by atoms with Crippen LogP contribution in [0.2, 0.25) is 5.02 Å². The van der Waals surface area contributed by atoms with Crippen molar-refractivity contribution in [3.05, 3.63) is 98.3 Å². The zero-order valence-corrected chi connectivity index (χ0v) is 24.3. The summed E-state index contributed by atoms with van der Waals surface area (Å²) in [5, 5.41) is 29.7. The number of nitrogens with zero attached hydrogens (tertiary/aromatic N) is 5. The van der Waals surface area contributed by atoms with Gasteiger partial charge in [0.25, 0.3) is 0 Å². The van der Waals surface area contributed by atoms with Gasteiger partial charge >= 0.3 is 0 Å². The van der Waals surface area contributed by atoms with Crippen LogP contribution < -0.4 is 14.2 Å². The summed E-state index contributed by atoms with van der Waals surface area (Å²) in [5.74, 6) is 2.01. The van der Waals surface area contributed by atoms with Gasteiger partial charge in [-0.3, -0.25) is 14.7 Å². The molecule has 4 rings (SSSR count). The second-order valence-electron chi connectivity index (χ2n) is 8.73. The first kappa shape index (κ1) is 29.7. The molecule has 41 heavy (non-hydrogen) atoms. The lowest BCUT2D eigenvalue weighted by Crippen LogP contribution is -2.12. The van der Waals surface area contributed by atoms with Crippen molar-refractivity contribution < 1.29 is 19.1 Å². The topological polar surface area (TPSA) is 125 Å². The number of aromatic nitrogens is 3. The molecule has 0 amide bonds. The Kier molecular flexibility index (Phi) is 10.1. The minimum atomic E-state index is -0.667. The van der Waals surface area contributed by atoms with Gasteiger partial charge < -0.3 is 14.2 Å². The molecule has 10 nitrogen and oxygen atoms in total. The molecule has 0 aliphatic carbocycles. The molecular weight excluding hydrogens is 566 g/mol. The van der Waals surface area contributed by atoms with Gasteiger partial charge in [-0.2, -0.15) is 5.26 Å². The summed E-state index contributed by atoms with van der Waals surface area (Å²) in [6, 6.07) is 20.1. The molecule has 0 spiro atoms. The first-order valence-corrected chi connectivity index (χ1v) is 14.1. The zero-order valence-electron chi connectivity index (χ0n) is 22.7. The van der Waals surface area contributed by atoms with Crippen molar-refractivity contribution in [2.24, 2.45) is 0 Å². The standard InChI is InChI=1S/C29H28ClN5O5S/c1-4-38-24-12-10-23(11-13-24)35-19(3)32-33-29(35)41-27(17-34(36)37)22-14-25(30)28(26(15-22)39-5-2)40-18-21-9-7-6-8-20(21)16-31/h6-15,27H,4-5,17-18H2,1-3H3/t27-/m1/s1. The van der Waals surface area contributed by atoms with Gasteiger partial charge in [0.1, 0.15) is 23.4 Å². The normalized spacial score (nSPS) is 11.5. The summed E-state index contributed by atoms with van der Waals surface area (Å²) in [6.45, 7) is 6.13. The molecule has 4 aromatic rings. The molecule has 0 radical (unpaired) electrons. The quantitative estimate of drug-likeness (QED) is 0.0958. The number of thioether (sulfide) groups is 1. The van der Waals surface area contributed by atoms with E-state index in [1.165, 1.54) is 11.8 Å². The Hall–Kier alpha value is -4.27. The van der Waals surface area contributed by atoms with Crippen molar-refractivity contribution in [1.82, 2.24) is 14.8 Å². The predicted molar refractivity (Wildman–Crippen MR) is 156 cm³/mol. The Morgan fingerprint density at radius 2 is 1.80 bits per heavy atom. The number of nitro groups is 1. The highest BCUT2D eigenvalue weighted by Gasteiger charge is 2.26. The van der Waals surface area contributed by atoms with Gasteiger partial charge in [-0.15, -0.1) is 10.2 Å². The van der Waals surface area contributed by atoms with Gasteiger partial charge in [0, 0.05) is 16.2 Å². The van der Waals surface area contributed by atoms with Gasteiger partial charge in [-0.25, -0.2) is 0 Å². The molecule has 212 valence electrons. The monoisotopic (exact) mass is 593 g/mol. The number of hydrogen-bond donors (Lipinski definition) is 0. The Labute approximate surface area is 247 Å². The molecule has 0 aliphatic heterocycles. The first-order valence-electron chi connectivity index (χ1n) is 12.8. The smallest absolute Gasteiger partial charge is 0.220 e. The number of aryl methyl sites for hydroxylation is 1. The third-order valence-electron chi connectivity index (χ3n) is 5.98. The zero-order chi connectivity index (χ0) is 29.4. The Balaban J connectivity index is 1.66. The van der Waals surface area contributed by atoms with Crippen molar-refractivity contribution in [2.75, 3.05) is 19.8 Å². The summed E-state index contributed by atoms with van der Waals surface area (Å²) < 4.78 is 19.2. The Morgan fingerprint density at radius 3 is 2.49 bits per heavy atom. The third-order valence-corrected chi connectivity index (χ3v) is 7.44. The van der Waals surface area contributed by atoms with E-state index in [1.807, 2.05) is 55.7 Å². The minimum absolute atomic E-state index is 0.0976. The van der Waals surface area contributed by atoms with Gasteiger partial charge in [-0.1, -0.05) is 41.6 Å². The van der Waals surface area contributed by atoms with Gasteiger partial charge in [0.15, 0.2) is 16.7 Å². The molecule has 0 unspecified atom stereocenters. The van der Waals surface area contributed by atoms with Crippen molar-refractivity contribution in [3.8, 4) is 29.0 Å². The third kappa shape index (κ3) is 7.28. The van der Waals surface area contributed by atoms with E-state index in [9.17, 15) is 15.4 Å². The predicted octanol–water partition coefficient (Wildman–Crippen LogP) is 6.59. The Bertz CT molecular complexity index is 1550. The molecule has 0 saturated heterocycles. The van der Waals surface area contributed by atoms with E-state index in [0.717, 1.165) is 11.4 Å². The van der Waals surface area contributed by atoms with E-state index in [4.69, 9.17) is 25.8 Å². The van der Waals surface area contributed by atoms with Crippen LogP contribution in [0, 0.1) is 28.4 Å². The molecule has 0 saturated carbocycles. The number of rotatable bonds is 13. The van der Waals surface area contributed by atoms with Crippen LogP contribution >= 0.6 is 23.4 Å². The summed E-state index contributed by atoms with van der Waals surface area (Å²) in [6.07, 6.45) is 0. The highest BCUT2D eigenvalue weighted by atomic mass is 35.5. The molecule has 1 aromatic heterocycles.